The van der Waals surface area contributed by atoms with Gasteiger partial charge in [0.25, 0.3) is 6.71 Å². The monoisotopic (exact) mass is 932 g/mol. The molecule has 7 aromatic carbocycles. The quantitative estimate of drug-likeness (QED) is 0.160. The van der Waals surface area contributed by atoms with Crippen molar-refractivity contribution in [2.75, 3.05) is 14.7 Å². The summed E-state index contributed by atoms with van der Waals surface area (Å²) in [5, 5.41) is 1.18. The number of benzene rings is 7. The fourth-order valence-electron chi connectivity index (χ4n) is 13.0. The molecule has 358 valence electrons. The second kappa shape index (κ2) is 15.5. The van der Waals surface area contributed by atoms with E-state index in [4.69, 9.17) is 4.42 Å². The summed E-state index contributed by atoms with van der Waals surface area (Å²) in [4.78, 5) is 7.62. The van der Waals surface area contributed by atoms with Gasteiger partial charge < -0.3 is 14.2 Å². The molecule has 0 radical (unpaired) electrons. The topological polar surface area (TPSA) is 22.9 Å². The Morgan fingerprint density at radius 1 is 0.493 bits per heavy atom. The first-order valence-corrected chi connectivity index (χ1v) is 26.3. The van der Waals surface area contributed by atoms with Crippen LogP contribution in [0.15, 0.2) is 144 Å². The van der Waals surface area contributed by atoms with E-state index >= 15 is 0 Å². The van der Waals surface area contributed by atoms with E-state index in [9.17, 15) is 0 Å². The molecule has 0 unspecified atom stereocenters. The van der Waals surface area contributed by atoms with Gasteiger partial charge in [-0.05, 0) is 184 Å². The standard InChI is InChI=1S/C66H70BN3O/c1-41-24-29-58-48(34-41)59-61(71-58)69(46-27-25-43(26-28-46)62(3,4)5)56-36-47(68(44-20-16-14-17-21-44)45-22-18-15-19-23-45)37-57-60(56)67(59)53-38-50-52(66(12,13)33-31-64(50,8)9)40-55(53)70(57)54-39-51-49(35-42(54)2)63(6,7)30-32-65(51,10)11/h14-29,34-40H,30-33H2,1-13H3. The predicted octanol–water partition coefficient (Wildman–Crippen LogP) is 16.6. The minimum Gasteiger partial charge on any atom is -0.440 e. The van der Waals surface area contributed by atoms with Crippen LogP contribution in [0.1, 0.15) is 141 Å². The fraction of sp³-hybridized carbons (Fsp3) is 0.333. The highest BCUT2D eigenvalue weighted by atomic mass is 16.4. The van der Waals surface area contributed by atoms with Gasteiger partial charge in [-0.3, -0.25) is 4.90 Å². The van der Waals surface area contributed by atoms with Gasteiger partial charge in [0.15, 0.2) is 0 Å². The molecular weight excluding hydrogens is 862 g/mol. The maximum absolute atomic E-state index is 7.37. The van der Waals surface area contributed by atoms with E-state index in [0.29, 0.717) is 0 Å². The molecule has 0 saturated heterocycles. The van der Waals surface area contributed by atoms with Crippen LogP contribution in [0.4, 0.5) is 51.4 Å². The third kappa shape index (κ3) is 7.07. The average molecular weight is 932 g/mol. The van der Waals surface area contributed by atoms with Gasteiger partial charge in [-0.1, -0.05) is 148 Å². The maximum Gasteiger partial charge on any atom is 0.257 e. The molecule has 0 fully saturated rings. The summed E-state index contributed by atoms with van der Waals surface area (Å²) in [6.45, 7) is 31.1. The Morgan fingerprint density at radius 3 is 1.55 bits per heavy atom. The second-order valence-corrected chi connectivity index (χ2v) is 25.3. The van der Waals surface area contributed by atoms with Gasteiger partial charge in [0.1, 0.15) is 5.58 Å². The van der Waals surface area contributed by atoms with E-state index in [1.165, 1.54) is 84.2 Å². The first kappa shape index (κ1) is 45.7. The Bertz CT molecular complexity index is 3400. The van der Waals surface area contributed by atoms with Crippen molar-refractivity contribution in [3.8, 4) is 0 Å². The predicted molar refractivity (Wildman–Crippen MR) is 304 cm³/mol. The van der Waals surface area contributed by atoms with Crippen LogP contribution in [-0.2, 0) is 27.1 Å². The molecule has 5 heteroatoms. The zero-order valence-corrected chi connectivity index (χ0v) is 44.4. The highest BCUT2D eigenvalue weighted by molar-refractivity contribution is 7.01. The maximum atomic E-state index is 7.37. The van der Waals surface area contributed by atoms with E-state index in [-0.39, 0.29) is 33.8 Å². The molecule has 12 rings (SSSR count). The largest absolute Gasteiger partial charge is 0.440 e. The number of para-hydroxylation sites is 2. The first-order chi connectivity index (χ1) is 33.6. The van der Waals surface area contributed by atoms with Crippen molar-refractivity contribution in [3.63, 3.8) is 0 Å². The summed E-state index contributed by atoms with van der Waals surface area (Å²) in [5.41, 5.74) is 23.9. The summed E-state index contributed by atoms with van der Waals surface area (Å²) >= 11 is 0. The fourth-order valence-corrected chi connectivity index (χ4v) is 13.0. The van der Waals surface area contributed by atoms with Crippen LogP contribution in [0.2, 0.25) is 0 Å². The Hall–Kier alpha value is -6.46. The molecule has 71 heavy (non-hydrogen) atoms. The van der Waals surface area contributed by atoms with Crippen molar-refractivity contribution in [2.24, 2.45) is 0 Å². The molecule has 2 aliphatic carbocycles. The number of hydrogen-bond donors (Lipinski definition) is 0. The Labute approximate surface area is 423 Å². The van der Waals surface area contributed by atoms with Crippen LogP contribution in [0.3, 0.4) is 0 Å². The van der Waals surface area contributed by atoms with Gasteiger partial charge in [-0.15, -0.1) is 0 Å². The molecule has 1 aromatic heterocycles. The third-order valence-electron chi connectivity index (χ3n) is 17.5. The van der Waals surface area contributed by atoms with Crippen LogP contribution in [0.5, 0.6) is 0 Å². The minimum atomic E-state index is -0.107. The van der Waals surface area contributed by atoms with Gasteiger partial charge in [0, 0.05) is 50.7 Å². The normalized spacial score (nSPS) is 17.8. The van der Waals surface area contributed by atoms with E-state index in [0.717, 1.165) is 59.2 Å². The van der Waals surface area contributed by atoms with Gasteiger partial charge in [-0.2, -0.15) is 0 Å². The zero-order valence-electron chi connectivity index (χ0n) is 44.4. The molecule has 4 nitrogen and oxygen atoms in total. The van der Waals surface area contributed by atoms with E-state index < -0.39 is 0 Å². The minimum absolute atomic E-state index is 0.000357. The molecule has 0 N–H and O–H groups in total. The Balaban J connectivity index is 1.26. The summed E-state index contributed by atoms with van der Waals surface area (Å²) in [7, 11) is 0. The number of furan rings is 1. The average Bonchev–Trinajstić information content (AvgIpc) is 3.70. The number of hydrogen-bond acceptors (Lipinski definition) is 4. The van der Waals surface area contributed by atoms with Crippen molar-refractivity contribution >= 4 is 85.5 Å². The highest BCUT2D eigenvalue weighted by Crippen LogP contribution is 2.55. The number of nitrogens with zero attached hydrogens (tertiary/aromatic N) is 3. The van der Waals surface area contributed by atoms with Crippen molar-refractivity contribution in [1.82, 2.24) is 0 Å². The summed E-state index contributed by atoms with van der Waals surface area (Å²) in [6, 6.07) is 53.4. The lowest BCUT2D eigenvalue weighted by Gasteiger charge is -2.48. The van der Waals surface area contributed by atoms with E-state index in [2.05, 4.69) is 244 Å². The lowest BCUT2D eigenvalue weighted by molar-refractivity contribution is 0.331. The lowest BCUT2D eigenvalue weighted by atomic mass is 9.33. The summed E-state index contributed by atoms with van der Waals surface area (Å²) in [6.07, 6.45) is 4.61. The molecular formula is C66H70BN3O. The van der Waals surface area contributed by atoms with Crippen LogP contribution < -0.4 is 31.1 Å². The van der Waals surface area contributed by atoms with Crippen LogP contribution in [-0.4, -0.2) is 6.71 Å². The van der Waals surface area contributed by atoms with E-state index in [1.807, 2.05) is 0 Å². The number of aryl methyl sites for hydroxylation is 2. The number of anilines is 9. The van der Waals surface area contributed by atoms with Crippen LogP contribution in [0.25, 0.3) is 11.0 Å². The lowest BCUT2D eigenvalue weighted by Crippen LogP contribution is -2.61. The molecule has 2 aliphatic heterocycles. The summed E-state index contributed by atoms with van der Waals surface area (Å²) < 4.78 is 7.37. The zero-order chi connectivity index (χ0) is 49.7. The Kier molecular flexibility index (Phi) is 9.98. The molecule has 0 saturated carbocycles. The SMILES string of the molecule is Cc1ccc2oc3c(c2c1)B1c2cc4c(cc2N(c2cc5c(cc2C)C(C)(C)CCC5(C)C)c2cc(N(c5ccccc5)c5ccccc5)cc(c21)N3c1ccc(C(C)(C)C)cc1)C(C)(C)CCC4(C)C. The molecule has 8 aromatic rings. The van der Waals surface area contributed by atoms with E-state index in [1.54, 1.807) is 0 Å². The second-order valence-electron chi connectivity index (χ2n) is 25.3. The number of fused-ring (bicyclic) bond motifs is 8. The van der Waals surface area contributed by atoms with Crippen LogP contribution in [0, 0.1) is 13.8 Å². The van der Waals surface area contributed by atoms with Crippen molar-refractivity contribution in [1.29, 1.82) is 0 Å². The van der Waals surface area contributed by atoms with Crippen LogP contribution >= 0.6 is 0 Å². The van der Waals surface area contributed by atoms with Gasteiger partial charge >= 0.3 is 0 Å². The highest BCUT2D eigenvalue weighted by Gasteiger charge is 2.50. The van der Waals surface area contributed by atoms with Gasteiger partial charge in [-0.25, -0.2) is 0 Å². The first-order valence-electron chi connectivity index (χ1n) is 26.3. The smallest absolute Gasteiger partial charge is 0.257 e. The molecule has 0 bridgehead atoms. The number of rotatable bonds is 5. The molecule has 0 amide bonds. The van der Waals surface area contributed by atoms with Gasteiger partial charge in [0.05, 0.1) is 5.69 Å². The molecule has 4 aliphatic rings. The molecule has 3 heterocycles. The molecule has 0 spiro atoms. The summed E-state index contributed by atoms with van der Waals surface area (Å²) in [5.74, 6) is 0.895. The Morgan fingerprint density at radius 2 is 1.00 bits per heavy atom. The van der Waals surface area contributed by atoms with Crippen molar-refractivity contribution in [3.05, 3.63) is 178 Å². The molecule has 0 atom stereocenters. The van der Waals surface area contributed by atoms with Crippen molar-refractivity contribution in [2.45, 2.75) is 143 Å². The van der Waals surface area contributed by atoms with Crippen molar-refractivity contribution < 1.29 is 4.42 Å². The third-order valence-corrected chi connectivity index (χ3v) is 17.5. The van der Waals surface area contributed by atoms with Gasteiger partial charge in [0.2, 0.25) is 5.88 Å².